The van der Waals surface area contributed by atoms with E-state index in [1.807, 2.05) is 25.3 Å². The molecule has 0 unspecified atom stereocenters. The molecule has 0 aliphatic heterocycles. The highest BCUT2D eigenvalue weighted by molar-refractivity contribution is 6.05. The van der Waals surface area contributed by atoms with Crippen molar-refractivity contribution in [1.29, 1.82) is 0 Å². The maximum Gasteiger partial charge on any atom is 0.342 e. The Labute approximate surface area is 156 Å². The second-order valence-electron chi connectivity index (χ2n) is 6.37. The van der Waals surface area contributed by atoms with Gasteiger partial charge < -0.3 is 19.5 Å². The zero-order valence-electron chi connectivity index (χ0n) is 15.4. The predicted molar refractivity (Wildman–Crippen MR) is 101 cm³/mol. The Morgan fingerprint density at radius 2 is 1.70 bits per heavy atom. The van der Waals surface area contributed by atoms with Gasteiger partial charge in [-0.2, -0.15) is 0 Å². The van der Waals surface area contributed by atoms with Gasteiger partial charge in [-0.15, -0.1) is 0 Å². The zero-order valence-corrected chi connectivity index (χ0v) is 15.4. The standard InChI is InChI=1S/C21H21NO5/c1-4-22-12(2)9-16(13(22)3)19(24)11-27-21(26)17-10-18(23)14-7-5-6-8-15(14)20(17)25/h5-10,23,25H,4,11H2,1-3H3. The number of phenolic OH excluding ortho intramolecular Hbond substituents is 2. The Hall–Kier alpha value is -3.28. The number of esters is 1. The van der Waals surface area contributed by atoms with Crippen molar-refractivity contribution < 1.29 is 24.5 Å². The summed E-state index contributed by atoms with van der Waals surface area (Å²) in [6.07, 6.45) is 0. The topological polar surface area (TPSA) is 88.8 Å². The summed E-state index contributed by atoms with van der Waals surface area (Å²) in [4.78, 5) is 24.8. The van der Waals surface area contributed by atoms with Crippen LogP contribution in [-0.4, -0.2) is 33.1 Å². The molecule has 3 aromatic rings. The van der Waals surface area contributed by atoms with E-state index in [9.17, 15) is 19.8 Å². The number of hydrogen-bond donors (Lipinski definition) is 2. The molecule has 6 nitrogen and oxygen atoms in total. The van der Waals surface area contributed by atoms with Crippen LogP contribution < -0.4 is 0 Å². The van der Waals surface area contributed by atoms with Crippen LogP contribution in [-0.2, 0) is 11.3 Å². The van der Waals surface area contributed by atoms with E-state index in [0.717, 1.165) is 24.0 Å². The average molecular weight is 367 g/mol. The highest BCUT2D eigenvalue weighted by atomic mass is 16.5. The third-order valence-electron chi connectivity index (χ3n) is 4.74. The van der Waals surface area contributed by atoms with Crippen molar-refractivity contribution in [2.45, 2.75) is 27.3 Å². The van der Waals surface area contributed by atoms with Gasteiger partial charge in [-0.3, -0.25) is 4.79 Å². The first-order valence-electron chi connectivity index (χ1n) is 8.65. The van der Waals surface area contributed by atoms with Gasteiger partial charge in [0.25, 0.3) is 0 Å². The number of nitrogens with zero attached hydrogens (tertiary/aromatic N) is 1. The number of aromatic hydroxyl groups is 2. The molecule has 0 aliphatic carbocycles. The zero-order chi connectivity index (χ0) is 19.7. The van der Waals surface area contributed by atoms with Crippen LogP contribution in [0, 0.1) is 13.8 Å². The fourth-order valence-electron chi connectivity index (χ4n) is 3.35. The molecule has 3 rings (SSSR count). The molecule has 1 heterocycles. The van der Waals surface area contributed by atoms with Crippen molar-refractivity contribution in [3.63, 3.8) is 0 Å². The first-order valence-corrected chi connectivity index (χ1v) is 8.65. The normalized spacial score (nSPS) is 10.9. The van der Waals surface area contributed by atoms with Crippen LogP contribution in [0.3, 0.4) is 0 Å². The fourth-order valence-corrected chi connectivity index (χ4v) is 3.35. The van der Waals surface area contributed by atoms with Crippen LogP contribution in [0.1, 0.15) is 39.0 Å². The molecule has 2 aromatic carbocycles. The van der Waals surface area contributed by atoms with E-state index >= 15 is 0 Å². The van der Waals surface area contributed by atoms with E-state index in [1.165, 1.54) is 0 Å². The minimum absolute atomic E-state index is 0.145. The summed E-state index contributed by atoms with van der Waals surface area (Å²) in [5, 5.41) is 21.2. The third kappa shape index (κ3) is 3.26. The Kier molecular flexibility index (Phi) is 4.90. The molecule has 0 bridgehead atoms. The second-order valence-corrected chi connectivity index (χ2v) is 6.37. The lowest BCUT2D eigenvalue weighted by molar-refractivity contribution is 0.0471. The summed E-state index contributed by atoms with van der Waals surface area (Å²) >= 11 is 0. The van der Waals surface area contributed by atoms with Gasteiger partial charge in [-0.1, -0.05) is 24.3 Å². The second kappa shape index (κ2) is 7.15. The van der Waals surface area contributed by atoms with E-state index in [-0.39, 0.29) is 22.8 Å². The maximum atomic E-state index is 12.4. The number of ketones is 1. The van der Waals surface area contributed by atoms with E-state index in [4.69, 9.17) is 4.74 Å². The molecule has 0 atom stereocenters. The summed E-state index contributed by atoms with van der Waals surface area (Å²) in [6.45, 7) is 6.05. The number of phenols is 2. The van der Waals surface area contributed by atoms with E-state index < -0.39 is 12.6 Å². The van der Waals surface area contributed by atoms with Crippen molar-refractivity contribution in [1.82, 2.24) is 4.57 Å². The molecule has 0 spiro atoms. The average Bonchev–Trinajstić information content (AvgIpc) is 2.96. The molecular formula is C21H21NO5. The van der Waals surface area contributed by atoms with Gasteiger partial charge in [0.1, 0.15) is 17.1 Å². The number of hydrogen-bond acceptors (Lipinski definition) is 5. The first kappa shape index (κ1) is 18.5. The molecule has 140 valence electrons. The molecule has 0 radical (unpaired) electrons. The number of carbonyl (C=O) groups is 2. The molecule has 0 saturated carbocycles. The predicted octanol–water partition coefficient (Wildman–Crippen LogP) is 3.73. The van der Waals surface area contributed by atoms with Crippen LogP contribution in [0.15, 0.2) is 36.4 Å². The van der Waals surface area contributed by atoms with Gasteiger partial charge >= 0.3 is 5.97 Å². The van der Waals surface area contributed by atoms with Gasteiger partial charge in [0.05, 0.1) is 0 Å². The van der Waals surface area contributed by atoms with Gasteiger partial charge in [0.2, 0.25) is 5.78 Å². The SMILES string of the molecule is CCn1c(C)cc(C(=O)COC(=O)c2cc(O)c3ccccc3c2O)c1C. The van der Waals surface area contributed by atoms with Gasteiger partial charge in [-0.05, 0) is 32.9 Å². The molecule has 27 heavy (non-hydrogen) atoms. The number of aromatic nitrogens is 1. The molecule has 1 aromatic heterocycles. The summed E-state index contributed by atoms with van der Waals surface area (Å²) in [7, 11) is 0. The highest BCUT2D eigenvalue weighted by Crippen LogP contribution is 2.35. The lowest BCUT2D eigenvalue weighted by Gasteiger charge is -2.10. The molecule has 6 heteroatoms. The van der Waals surface area contributed by atoms with Crippen LogP contribution in [0.4, 0.5) is 0 Å². The number of benzene rings is 2. The largest absolute Gasteiger partial charge is 0.507 e. The first-order chi connectivity index (χ1) is 12.8. The van der Waals surface area contributed by atoms with E-state index in [1.54, 1.807) is 30.3 Å². The minimum Gasteiger partial charge on any atom is -0.507 e. The third-order valence-corrected chi connectivity index (χ3v) is 4.74. The fraction of sp³-hybridized carbons (Fsp3) is 0.238. The van der Waals surface area contributed by atoms with Crippen molar-refractivity contribution in [3.05, 3.63) is 58.9 Å². The van der Waals surface area contributed by atoms with Crippen molar-refractivity contribution in [2.24, 2.45) is 0 Å². The smallest absolute Gasteiger partial charge is 0.342 e. The number of Topliss-reactive ketones (excluding diaryl/α,β-unsaturated/α-hetero) is 1. The maximum absolute atomic E-state index is 12.4. The lowest BCUT2D eigenvalue weighted by Crippen LogP contribution is -2.15. The van der Waals surface area contributed by atoms with Gasteiger partial charge in [-0.25, -0.2) is 4.79 Å². The molecule has 0 fully saturated rings. The van der Waals surface area contributed by atoms with Gasteiger partial charge in [0.15, 0.2) is 6.61 Å². The molecular weight excluding hydrogens is 346 g/mol. The molecule has 0 aliphatic rings. The van der Waals surface area contributed by atoms with Crippen molar-refractivity contribution >= 4 is 22.5 Å². The molecule has 0 amide bonds. The van der Waals surface area contributed by atoms with Crippen molar-refractivity contribution in [2.75, 3.05) is 6.61 Å². The minimum atomic E-state index is -0.869. The Morgan fingerprint density at radius 1 is 1.04 bits per heavy atom. The van der Waals surface area contributed by atoms with Gasteiger partial charge in [0, 0.05) is 34.3 Å². The number of fused-ring (bicyclic) bond motifs is 1. The van der Waals surface area contributed by atoms with Crippen LogP contribution >= 0.6 is 0 Å². The Balaban J connectivity index is 1.81. The van der Waals surface area contributed by atoms with Crippen LogP contribution in [0.5, 0.6) is 11.5 Å². The van der Waals surface area contributed by atoms with E-state index in [2.05, 4.69) is 0 Å². The molecule has 0 saturated heterocycles. The number of aryl methyl sites for hydroxylation is 1. The highest BCUT2D eigenvalue weighted by Gasteiger charge is 2.21. The van der Waals surface area contributed by atoms with E-state index in [0.29, 0.717) is 16.3 Å². The molecule has 2 N–H and O–H groups in total. The lowest BCUT2D eigenvalue weighted by atomic mass is 10.0. The Morgan fingerprint density at radius 3 is 2.33 bits per heavy atom. The summed E-state index contributed by atoms with van der Waals surface area (Å²) in [5.74, 6) is -1.62. The summed E-state index contributed by atoms with van der Waals surface area (Å²) in [6, 6.07) is 9.54. The summed E-state index contributed by atoms with van der Waals surface area (Å²) < 4.78 is 7.10. The summed E-state index contributed by atoms with van der Waals surface area (Å²) in [5.41, 5.74) is 2.11. The quantitative estimate of drug-likeness (QED) is 0.407. The Bertz CT molecular complexity index is 1050. The number of rotatable bonds is 5. The van der Waals surface area contributed by atoms with Crippen molar-refractivity contribution in [3.8, 4) is 11.5 Å². The van der Waals surface area contributed by atoms with Crippen LogP contribution in [0.25, 0.3) is 10.8 Å². The number of ether oxygens (including phenoxy) is 1. The monoisotopic (exact) mass is 367 g/mol. The van der Waals surface area contributed by atoms with Crippen LogP contribution in [0.2, 0.25) is 0 Å². The number of carbonyl (C=O) groups excluding carboxylic acids is 2.